The largest absolute Gasteiger partial charge is 0.547 e. The van der Waals surface area contributed by atoms with E-state index in [9.17, 15) is 49.5 Å². The Kier molecular flexibility index (Phi) is 20.2. The number of carboxylic acids is 1. The second-order valence-electron chi connectivity index (χ2n) is 26.2. The summed E-state index contributed by atoms with van der Waals surface area (Å²) in [7, 11) is 0. The van der Waals surface area contributed by atoms with E-state index in [1.54, 1.807) is 0 Å². The summed E-state index contributed by atoms with van der Waals surface area (Å²) in [5.41, 5.74) is 7.25. The predicted octanol–water partition coefficient (Wildman–Crippen LogP) is 5.13. The highest BCUT2D eigenvalue weighted by Crippen LogP contribution is 2.70. The van der Waals surface area contributed by atoms with E-state index in [-0.39, 0.29) is 104 Å². The van der Waals surface area contributed by atoms with E-state index in [1.165, 1.54) is 23.5 Å². The molecule has 15 nitrogen and oxygen atoms in total. The zero-order valence-electron chi connectivity index (χ0n) is 47.2. The molecule has 0 aromatic heterocycles. The van der Waals surface area contributed by atoms with E-state index in [0.717, 1.165) is 71.1 Å². The Morgan fingerprint density at radius 1 is 0.697 bits per heavy atom. The Morgan fingerprint density at radius 2 is 1.08 bits per heavy atom. The summed E-state index contributed by atoms with van der Waals surface area (Å²) in [6, 6.07) is 0.289. The van der Waals surface area contributed by atoms with Gasteiger partial charge in [0.25, 0.3) is 0 Å². The first kappa shape index (κ1) is 62.8. The van der Waals surface area contributed by atoms with Gasteiger partial charge in [0.15, 0.2) is 0 Å². The molecule has 8 rings (SSSR count). The number of aliphatic hydroxyl groups excluding tert-OH is 5. The van der Waals surface area contributed by atoms with Crippen LogP contribution in [0.4, 0.5) is 0 Å². The normalized spacial score (nSPS) is 47.2. The van der Waals surface area contributed by atoms with Gasteiger partial charge in [-0.05, 0) is 118 Å². The fourth-order valence-electron chi connectivity index (χ4n) is 16.5. The standard InChI is InChI=1S/2C28H45NO5S.C3H6O3/c2*1-6-26(4)14-22(34-23(32)15-35-21-8-7-18(29)13-20(21)31)27(5)16(2)9-11-28(17(3)25(26)33)12-10-19(30)24(27)28;1-2(4)3(5)6/h2*6,16-18,20-22,24-25,31,33H,1,7-15,29H2,2-5H3;2,4H,1H3,(H,5,6)/t2*16?,17-,18+,20+,21+,22+,24-,25-,26+,27-,28-;2-/m000/s1. The molecule has 76 heavy (non-hydrogen) atoms. The Labute approximate surface area is 461 Å². The number of carboxylic acid groups (broad SMARTS) is 1. The number of carbonyl (C=O) groups is 5. The molecule has 17 heteroatoms. The van der Waals surface area contributed by atoms with Crippen LogP contribution in [0.3, 0.4) is 0 Å². The number of thioether (sulfide) groups is 2. The number of hydrogen-bond donors (Lipinski definition) is 7. The lowest BCUT2D eigenvalue weighted by Gasteiger charge is -2.61. The zero-order chi connectivity index (χ0) is 56.7. The first-order chi connectivity index (χ1) is 35.4. The van der Waals surface area contributed by atoms with Gasteiger partial charge in [-0.25, -0.2) is 0 Å². The average molecular weight is 1110 g/mol. The monoisotopic (exact) mass is 1100 g/mol. The molecule has 0 radical (unpaired) electrons. The minimum atomic E-state index is -1.44. The predicted molar refractivity (Wildman–Crippen MR) is 293 cm³/mol. The number of ketones is 2. The summed E-state index contributed by atoms with van der Waals surface area (Å²) < 4.78 is 12.6. The molecule has 0 amide bonds. The number of rotatable bonds is 11. The molecule has 10 N–H and O–H groups in total. The average Bonchev–Trinajstić information content (AvgIpc) is 3.91. The van der Waals surface area contributed by atoms with Crippen molar-refractivity contribution in [3.63, 3.8) is 0 Å². The summed E-state index contributed by atoms with van der Waals surface area (Å²) >= 11 is 2.92. The molecule has 8 saturated carbocycles. The van der Waals surface area contributed by atoms with Crippen LogP contribution in [0.1, 0.15) is 165 Å². The molecule has 0 spiro atoms. The van der Waals surface area contributed by atoms with Crippen molar-refractivity contribution in [3.05, 3.63) is 25.3 Å². The van der Waals surface area contributed by atoms with Crippen molar-refractivity contribution in [2.75, 3.05) is 11.5 Å². The van der Waals surface area contributed by atoms with E-state index in [4.69, 9.17) is 20.3 Å². The molecule has 8 fully saturated rings. The van der Waals surface area contributed by atoms with Crippen molar-refractivity contribution in [1.82, 2.24) is 0 Å². The van der Waals surface area contributed by atoms with Gasteiger partial charge in [-0.2, -0.15) is 0 Å². The van der Waals surface area contributed by atoms with Gasteiger partial charge in [-0.1, -0.05) is 67.5 Å². The van der Waals surface area contributed by atoms with E-state index in [1.807, 2.05) is 26.0 Å². The van der Waals surface area contributed by atoms with Crippen LogP contribution in [0.15, 0.2) is 25.3 Å². The Bertz CT molecular complexity index is 2000. The number of carbonyl (C=O) groups excluding carboxylic acids is 5. The molecule has 8 aliphatic rings. The van der Waals surface area contributed by atoms with Crippen LogP contribution in [-0.4, -0.2) is 132 Å². The minimum absolute atomic E-state index is 0.0194. The van der Waals surface area contributed by atoms with Crippen LogP contribution < -0.4 is 16.6 Å². The summed E-state index contributed by atoms with van der Waals surface area (Å²) in [4.78, 5) is 62.7. The molecule has 0 aromatic carbocycles. The van der Waals surface area contributed by atoms with Gasteiger partial charge in [0.1, 0.15) is 23.8 Å². The highest BCUT2D eigenvalue weighted by molar-refractivity contribution is 8.00. The molecule has 432 valence electrons. The van der Waals surface area contributed by atoms with Crippen molar-refractivity contribution >= 4 is 53.0 Å². The maximum atomic E-state index is 13.5. The van der Waals surface area contributed by atoms with E-state index in [0.29, 0.717) is 38.5 Å². The van der Waals surface area contributed by atoms with Gasteiger partial charge in [-0.3, -0.25) is 19.2 Å². The van der Waals surface area contributed by atoms with Crippen molar-refractivity contribution in [3.8, 4) is 0 Å². The fraction of sp³-hybridized carbons (Fsp3) is 0.847. The van der Waals surface area contributed by atoms with Gasteiger partial charge in [-0.15, -0.1) is 36.7 Å². The third kappa shape index (κ3) is 11.9. The zero-order valence-corrected chi connectivity index (χ0v) is 48.8. The second kappa shape index (κ2) is 24.4. The first-order valence-corrected chi connectivity index (χ1v) is 30.7. The third-order valence-electron chi connectivity index (χ3n) is 22.0. The minimum Gasteiger partial charge on any atom is -0.547 e. The lowest BCUT2D eigenvalue weighted by atomic mass is 9.44. The maximum Gasteiger partial charge on any atom is 0.316 e. The Balaban J connectivity index is 0.000000223. The quantitative estimate of drug-likeness (QED) is 0.104. The molecule has 0 aliphatic heterocycles. The van der Waals surface area contributed by atoms with Gasteiger partial charge >= 0.3 is 11.9 Å². The molecule has 23 atom stereocenters. The summed E-state index contributed by atoms with van der Waals surface area (Å²) in [5, 5.41) is 61.3. The fourth-order valence-corrected chi connectivity index (χ4v) is 18.6. The van der Waals surface area contributed by atoms with Crippen molar-refractivity contribution < 1.29 is 69.8 Å². The number of hydrogen-bond acceptors (Lipinski definition) is 16. The summed E-state index contributed by atoms with van der Waals surface area (Å²) in [6.07, 6.45) is 11.1. The van der Waals surface area contributed by atoms with Gasteiger partial charge in [0.05, 0.1) is 54.0 Å². The number of aliphatic carboxylic acids is 1. The lowest BCUT2D eigenvalue weighted by molar-refractivity contribution is -0.428. The van der Waals surface area contributed by atoms with Crippen LogP contribution >= 0.6 is 23.5 Å². The van der Waals surface area contributed by atoms with Gasteiger partial charge in [0, 0.05) is 75.7 Å². The van der Waals surface area contributed by atoms with Gasteiger partial charge < -0.3 is 56.4 Å². The van der Waals surface area contributed by atoms with Crippen molar-refractivity contribution in [1.29, 1.82) is 0 Å². The van der Waals surface area contributed by atoms with E-state index < -0.39 is 70.4 Å². The van der Waals surface area contributed by atoms with Crippen molar-refractivity contribution in [2.24, 2.45) is 73.7 Å². The number of nitrogens with two attached hydrogens (primary N) is 1. The molecular weight excluding hydrogens is 1010 g/mol. The lowest BCUT2D eigenvalue weighted by Crippen LogP contribution is -2.64. The Hall–Kier alpha value is -2.35. The third-order valence-corrected chi connectivity index (χ3v) is 24.7. The first-order valence-electron chi connectivity index (χ1n) is 28.6. The molecule has 0 aromatic rings. The summed E-state index contributed by atoms with van der Waals surface area (Å²) in [5.74, 6) is -1.25. The number of esters is 2. The second-order valence-corrected chi connectivity index (χ2v) is 28.7. The molecule has 8 aliphatic carbocycles. The Morgan fingerprint density at radius 3 is 1.43 bits per heavy atom. The van der Waals surface area contributed by atoms with E-state index >= 15 is 0 Å². The summed E-state index contributed by atoms with van der Waals surface area (Å²) in [6.45, 7) is 26.2. The van der Waals surface area contributed by atoms with E-state index in [2.05, 4.69) is 60.4 Å². The smallest absolute Gasteiger partial charge is 0.316 e. The number of aliphatic hydroxyl groups is 5. The molecular formula is C59H96N2O13S2. The van der Waals surface area contributed by atoms with Crippen LogP contribution in [0.25, 0.3) is 0 Å². The number of Topliss-reactive ketones (excluding diaryl/α,β-unsaturated/α-hetero) is 2. The van der Waals surface area contributed by atoms with Crippen LogP contribution in [0, 0.1) is 68.0 Å². The molecule has 0 heterocycles. The highest BCUT2D eigenvalue weighted by Gasteiger charge is 2.70. The molecule has 2 unspecified atom stereocenters. The maximum absolute atomic E-state index is 13.5. The molecule has 4 bridgehead atoms. The van der Waals surface area contributed by atoms with Crippen LogP contribution in [-0.2, 0) is 33.4 Å². The highest BCUT2D eigenvalue weighted by atomic mass is 32.2. The van der Waals surface area contributed by atoms with Crippen molar-refractivity contribution in [2.45, 2.75) is 230 Å². The van der Waals surface area contributed by atoms with Crippen LogP contribution in [0.2, 0.25) is 0 Å². The SMILES string of the molecule is C=C[C@]1(C)C[C@@H](OC(=O)CS[C@@H]2CC[C@@H](N)C[C@H]2O)[C@]2(C)C(C)CC[C@]3(CCC(=O)[C@H]32)[C@@H](C)[C@@H]1O.C=C[C@]1(C)C[C@@H](OC(=O)CS[C@@H]2CC[C@@H]([NH3+])C[C@H]2O)[C@]2(C)C(C)CC[C@]3(CCC(=O)[C@H]32)[C@@H](C)[C@@H]1O.C[C@H](O)C(=O)[O-]. The number of quaternary nitrogens is 1. The van der Waals surface area contributed by atoms with Gasteiger partial charge in [0.2, 0.25) is 0 Å². The number of ether oxygens (including phenoxy) is 2. The van der Waals surface area contributed by atoms with Crippen LogP contribution in [0.5, 0.6) is 0 Å². The molecule has 0 saturated heterocycles. The topological polar surface area (TPSA) is 282 Å².